The molecule has 0 bridgehead atoms. The van der Waals surface area contributed by atoms with E-state index in [1.807, 2.05) is 48.7 Å². The smallest absolute Gasteiger partial charge is 0.142 e. The summed E-state index contributed by atoms with van der Waals surface area (Å²) in [6.45, 7) is 4.67. The first kappa shape index (κ1) is 15.9. The highest BCUT2D eigenvalue weighted by Crippen LogP contribution is 2.30. The summed E-state index contributed by atoms with van der Waals surface area (Å²) in [5.41, 5.74) is 1.05. The van der Waals surface area contributed by atoms with E-state index in [0.29, 0.717) is 6.61 Å². The van der Waals surface area contributed by atoms with Crippen molar-refractivity contribution >= 4 is 29.6 Å². The van der Waals surface area contributed by atoms with E-state index in [-0.39, 0.29) is 4.75 Å². The predicted octanol–water partition coefficient (Wildman–Crippen LogP) is 5.41. The molecule has 0 atom stereocenters. The van der Waals surface area contributed by atoms with Crippen LogP contribution < -0.4 is 0 Å². The number of thioether (sulfide) groups is 1. The Balaban J connectivity index is 1.83. The molecular weight excluding hydrogens is 302 g/mol. The van der Waals surface area contributed by atoms with Gasteiger partial charge in [-0.1, -0.05) is 47.1 Å². The predicted molar refractivity (Wildman–Crippen MR) is 91.1 cm³/mol. The van der Waals surface area contributed by atoms with Crippen molar-refractivity contribution < 1.29 is 4.84 Å². The van der Waals surface area contributed by atoms with E-state index in [2.05, 4.69) is 31.1 Å². The second-order valence-electron chi connectivity index (χ2n) is 5.15. The highest BCUT2D eigenvalue weighted by atomic mass is 35.5. The lowest BCUT2D eigenvalue weighted by molar-refractivity contribution is 0.131. The van der Waals surface area contributed by atoms with E-state index in [1.165, 1.54) is 4.90 Å². The first-order chi connectivity index (χ1) is 10.1. The molecule has 110 valence electrons. The molecule has 0 aliphatic rings. The average Bonchev–Trinajstić information content (AvgIpc) is 2.46. The van der Waals surface area contributed by atoms with Gasteiger partial charge in [-0.05, 0) is 43.7 Å². The Morgan fingerprint density at radius 1 is 1.10 bits per heavy atom. The average molecular weight is 320 g/mol. The number of hydrogen-bond acceptors (Lipinski definition) is 3. The molecule has 0 aliphatic heterocycles. The van der Waals surface area contributed by atoms with Gasteiger partial charge in [0.2, 0.25) is 0 Å². The summed E-state index contributed by atoms with van der Waals surface area (Å²) in [5, 5.41) is 4.80. The lowest BCUT2D eigenvalue weighted by Crippen LogP contribution is -2.16. The normalized spacial score (nSPS) is 11.8. The van der Waals surface area contributed by atoms with Crippen LogP contribution in [0.15, 0.2) is 64.6 Å². The van der Waals surface area contributed by atoms with Gasteiger partial charge in [0.25, 0.3) is 0 Å². The molecule has 0 aliphatic carbocycles. The van der Waals surface area contributed by atoms with Crippen LogP contribution in [-0.2, 0) is 11.4 Å². The largest absolute Gasteiger partial charge is 0.391 e. The van der Waals surface area contributed by atoms with Crippen molar-refractivity contribution in [3.63, 3.8) is 0 Å². The van der Waals surface area contributed by atoms with E-state index in [0.717, 1.165) is 10.6 Å². The molecule has 0 spiro atoms. The van der Waals surface area contributed by atoms with Crippen molar-refractivity contribution in [3.05, 3.63) is 65.2 Å². The van der Waals surface area contributed by atoms with Crippen LogP contribution in [0.4, 0.5) is 0 Å². The van der Waals surface area contributed by atoms with Crippen molar-refractivity contribution in [1.29, 1.82) is 0 Å². The summed E-state index contributed by atoms with van der Waals surface area (Å²) in [7, 11) is 0. The van der Waals surface area contributed by atoms with E-state index in [4.69, 9.17) is 16.4 Å². The fraction of sp³-hybridized carbons (Fsp3) is 0.235. The van der Waals surface area contributed by atoms with Crippen LogP contribution in [0.25, 0.3) is 0 Å². The Labute approximate surface area is 135 Å². The van der Waals surface area contributed by atoms with Gasteiger partial charge in [-0.25, -0.2) is 0 Å². The zero-order valence-electron chi connectivity index (χ0n) is 12.1. The minimum atomic E-state index is -0.124. The molecule has 0 saturated heterocycles. The fourth-order valence-electron chi connectivity index (χ4n) is 1.68. The molecule has 0 fully saturated rings. The van der Waals surface area contributed by atoms with Gasteiger partial charge in [0.1, 0.15) is 6.61 Å². The van der Waals surface area contributed by atoms with Crippen molar-refractivity contribution in [3.8, 4) is 0 Å². The summed E-state index contributed by atoms with van der Waals surface area (Å²) < 4.78 is -0.124. The molecule has 2 nitrogen and oxygen atoms in total. The molecule has 0 heterocycles. The fourth-order valence-corrected chi connectivity index (χ4v) is 2.80. The molecule has 0 N–H and O–H groups in total. The standard InChI is InChI=1S/C17H18ClNOS/c1-17(2,21-16-6-4-3-5-7-16)13-19-20-12-14-8-10-15(18)11-9-14/h3-11,13H,12H2,1-2H3/b19-13-. The SMILES string of the molecule is CC(C)(/C=N\OCc1ccc(Cl)cc1)Sc1ccccc1. The van der Waals surface area contributed by atoms with Gasteiger partial charge in [0.05, 0.1) is 11.0 Å². The summed E-state index contributed by atoms with van der Waals surface area (Å²) in [5.74, 6) is 0. The highest BCUT2D eigenvalue weighted by Gasteiger charge is 2.16. The van der Waals surface area contributed by atoms with Gasteiger partial charge in [-0.15, -0.1) is 11.8 Å². The Hall–Kier alpha value is -1.45. The Morgan fingerprint density at radius 2 is 1.76 bits per heavy atom. The number of hydrogen-bond donors (Lipinski definition) is 0. The molecule has 0 saturated carbocycles. The van der Waals surface area contributed by atoms with Crippen LogP contribution in [0, 0.1) is 0 Å². The van der Waals surface area contributed by atoms with E-state index >= 15 is 0 Å². The third-order valence-electron chi connectivity index (χ3n) is 2.71. The molecule has 2 aromatic carbocycles. The molecule has 0 aromatic heterocycles. The van der Waals surface area contributed by atoms with E-state index in [9.17, 15) is 0 Å². The van der Waals surface area contributed by atoms with Gasteiger partial charge in [0, 0.05) is 9.92 Å². The van der Waals surface area contributed by atoms with E-state index < -0.39 is 0 Å². The van der Waals surface area contributed by atoms with Crippen molar-refractivity contribution in [2.45, 2.75) is 30.1 Å². The quantitative estimate of drug-likeness (QED) is 0.403. The zero-order chi connectivity index (χ0) is 15.1. The molecule has 0 unspecified atom stereocenters. The summed E-state index contributed by atoms with van der Waals surface area (Å²) in [6, 6.07) is 17.8. The Bertz CT molecular complexity index is 581. The molecule has 4 heteroatoms. The molecular formula is C17H18ClNOS. The molecule has 21 heavy (non-hydrogen) atoms. The minimum absolute atomic E-state index is 0.124. The highest BCUT2D eigenvalue weighted by molar-refractivity contribution is 8.01. The van der Waals surface area contributed by atoms with Crippen LogP contribution in [0.1, 0.15) is 19.4 Å². The number of oxime groups is 1. The summed E-state index contributed by atoms with van der Waals surface area (Å²) in [6.07, 6.45) is 1.83. The second kappa shape index (κ2) is 7.53. The second-order valence-corrected chi connectivity index (χ2v) is 7.32. The number of nitrogens with zero attached hydrogens (tertiary/aromatic N) is 1. The first-order valence-corrected chi connectivity index (χ1v) is 7.90. The first-order valence-electron chi connectivity index (χ1n) is 6.70. The lowest BCUT2D eigenvalue weighted by atomic mass is 10.2. The van der Waals surface area contributed by atoms with Crippen LogP contribution in [0.5, 0.6) is 0 Å². The minimum Gasteiger partial charge on any atom is -0.391 e. The van der Waals surface area contributed by atoms with Crippen LogP contribution in [0.3, 0.4) is 0 Å². The number of halogens is 1. The summed E-state index contributed by atoms with van der Waals surface area (Å²) >= 11 is 7.58. The van der Waals surface area contributed by atoms with Gasteiger partial charge < -0.3 is 4.84 Å². The lowest BCUT2D eigenvalue weighted by Gasteiger charge is -2.18. The van der Waals surface area contributed by atoms with Crippen LogP contribution in [0.2, 0.25) is 5.02 Å². The molecule has 2 aromatic rings. The van der Waals surface area contributed by atoms with Gasteiger partial charge in [-0.3, -0.25) is 0 Å². The van der Waals surface area contributed by atoms with Crippen LogP contribution in [-0.4, -0.2) is 11.0 Å². The molecule has 0 radical (unpaired) electrons. The maximum Gasteiger partial charge on any atom is 0.142 e. The van der Waals surface area contributed by atoms with Crippen LogP contribution >= 0.6 is 23.4 Å². The Kier molecular flexibility index (Phi) is 5.71. The third kappa shape index (κ3) is 5.82. The molecule has 0 amide bonds. The maximum absolute atomic E-state index is 5.84. The molecule has 2 rings (SSSR count). The van der Waals surface area contributed by atoms with Crippen molar-refractivity contribution in [2.24, 2.45) is 5.16 Å². The van der Waals surface area contributed by atoms with Gasteiger partial charge >= 0.3 is 0 Å². The monoisotopic (exact) mass is 319 g/mol. The number of rotatable bonds is 6. The van der Waals surface area contributed by atoms with Gasteiger partial charge in [0.15, 0.2) is 0 Å². The number of benzene rings is 2. The van der Waals surface area contributed by atoms with Crippen molar-refractivity contribution in [1.82, 2.24) is 0 Å². The van der Waals surface area contributed by atoms with Crippen molar-refractivity contribution in [2.75, 3.05) is 0 Å². The maximum atomic E-state index is 5.84. The van der Waals surface area contributed by atoms with Gasteiger partial charge in [-0.2, -0.15) is 0 Å². The zero-order valence-corrected chi connectivity index (χ0v) is 13.7. The third-order valence-corrected chi connectivity index (χ3v) is 4.10. The van der Waals surface area contributed by atoms with E-state index in [1.54, 1.807) is 11.8 Å². The Morgan fingerprint density at radius 3 is 2.43 bits per heavy atom. The summed E-state index contributed by atoms with van der Waals surface area (Å²) in [4.78, 5) is 6.56. The topological polar surface area (TPSA) is 21.6 Å².